The van der Waals surface area contributed by atoms with E-state index < -0.39 is 0 Å². The lowest BCUT2D eigenvalue weighted by Crippen LogP contribution is -2.46. The van der Waals surface area contributed by atoms with Crippen LogP contribution in [0, 0.1) is 6.92 Å². The summed E-state index contributed by atoms with van der Waals surface area (Å²) in [6.07, 6.45) is 1.88. The number of anilines is 1. The molecule has 32 heavy (non-hydrogen) atoms. The summed E-state index contributed by atoms with van der Waals surface area (Å²) in [7, 11) is 0. The minimum atomic E-state index is 0.909. The van der Waals surface area contributed by atoms with Gasteiger partial charge in [0.15, 0.2) is 0 Å². The summed E-state index contributed by atoms with van der Waals surface area (Å²) in [6.45, 7) is 9.82. The molecule has 1 aliphatic rings. The topological polar surface area (TPSA) is 45.2 Å². The summed E-state index contributed by atoms with van der Waals surface area (Å²) in [5.41, 5.74) is 9.23. The van der Waals surface area contributed by atoms with Crippen molar-refractivity contribution in [2.75, 3.05) is 37.6 Å². The van der Waals surface area contributed by atoms with Gasteiger partial charge in [0.2, 0.25) is 0 Å². The van der Waals surface area contributed by atoms with E-state index in [1.165, 1.54) is 5.69 Å². The molecular formula is C26H27N5S. The number of nitrogens with zero attached hydrogens (tertiary/aromatic N) is 5. The first-order valence-corrected chi connectivity index (χ1v) is 12.0. The van der Waals surface area contributed by atoms with Crippen LogP contribution in [0.4, 0.5) is 5.69 Å². The van der Waals surface area contributed by atoms with E-state index in [4.69, 9.17) is 0 Å². The van der Waals surface area contributed by atoms with Gasteiger partial charge in [-0.25, -0.2) is 4.98 Å². The van der Waals surface area contributed by atoms with E-state index in [9.17, 15) is 0 Å². The maximum absolute atomic E-state index is 4.67. The predicted molar refractivity (Wildman–Crippen MR) is 133 cm³/mol. The molecule has 0 spiro atoms. The van der Waals surface area contributed by atoms with Crippen molar-refractivity contribution in [2.45, 2.75) is 13.8 Å². The van der Waals surface area contributed by atoms with Crippen molar-refractivity contribution < 1.29 is 0 Å². The van der Waals surface area contributed by atoms with Crippen molar-refractivity contribution in [3.05, 3.63) is 72.0 Å². The Morgan fingerprint density at radius 1 is 0.875 bits per heavy atom. The van der Waals surface area contributed by atoms with Gasteiger partial charge in [-0.05, 0) is 55.4 Å². The van der Waals surface area contributed by atoms with E-state index in [2.05, 4.69) is 68.1 Å². The fourth-order valence-electron chi connectivity index (χ4n) is 4.20. The summed E-state index contributed by atoms with van der Waals surface area (Å²) < 4.78 is 0. The van der Waals surface area contributed by atoms with Gasteiger partial charge in [-0.3, -0.25) is 9.97 Å². The summed E-state index contributed by atoms with van der Waals surface area (Å²) >= 11 is 1.64. The third-order valence-electron chi connectivity index (χ3n) is 6.07. The molecule has 0 saturated carbocycles. The average molecular weight is 442 g/mol. The Morgan fingerprint density at radius 2 is 1.69 bits per heavy atom. The lowest BCUT2D eigenvalue weighted by atomic mass is 10.1. The third kappa shape index (κ3) is 4.29. The quantitative estimate of drug-likeness (QED) is 0.416. The SMILES string of the molecule is CCN1CCN(c2ccc(-c3cc(-c4scnc4-c4cccc(C)n4)ccn3)cc2)CC1. The second-order valence-corrected chi connectivity index (χ2v) is 8.95. The molecule has 0 aliphatic carbocycles. The first kappa shape index (κ1) is 20.8. The minimum Gasteiger partial charge on any atom is -0.369 e. The Kier molecular flexibility index (Phi) is 5.97. The van der Waals surface area contributed by atoms with Crippen LogP contribution in [-0.2, 0) is 0 Å². The number of aromatic nitrogens is 3. The zero-order chi connectivity index (χ0) is 21.9. The number of rotatable bonds is 5. The highest BCUT2D eigenvalue weighted by atomic mass is 32.1. The van der Waals surface area contributed by atoms with E-state index in [1.807, 2.05) is 36.8 Å². The largest absolute Gasteiger partial charge is 0.369 e. The molecule has 0 radical (unpaired) electrons. The Bertz CT molecular complexity index is 1190. The monoisotopic (exact) mass is 441 g/mol. The van der Waals surface area contributed by atoms with Crippen LogP contribution < -0.4 is 4.90 Å². The average Bonchev–Trinajstić information content (AvgIpc) is 3.35. The molecular weight excluding hydrogens is 414 g/mol. The number of hydrogen-bond donors (Lipinski definition) is 0. The van der Waals surface area contributed by atoms with Gasteiger partial charge >= 0.3 is 0 Å². The molecule has 0 unspecified atom stereocenters. The number of hydrogen-bond acceptors (Lipinski definition) is 6. The van der Waals surface area contributed by atoms with Crippen LogP contribution in [-0.4, -0.2) is 52.6 Å². The smallest absolute Gasteiger partial charge is 0.107 e. The van der Waals surface area contributed by atoms with Crippen LogP contribution in [0.2, 0.25) is 0 Å². The van der Waals surface area contributed by atoms with Crippen LogP contribution in [0.3, 0.4) is 0 Å². The van der Waals surface area contributed by atoms with Gasteiger partial charge in [-0.1, -0.05) is 25.1 Å². The molecule has 0 N–H and O–H groups in total. The van der Waals surface area contributed by atoms with E-state index in [0.717, 1.165) is 71.5 Å². The van der Waals surface area contributed by atoms with Crippen molar-refractivity contribution in [3.8, 4) is 33.1 Å². The minimum absolute atomic E-state index is 0.909. The standard InChI is InChI=1S/C26H27N5S/c1-3-30-13-15-31(16-14-30)22-9-7-20(8-10-22)24-17-21(11-12-27-24)26-25(28-18-32-26)23-6-4-5-19(2)29-23/h4-12,17-18H,3,13-16H2,1-2H3. The lowest BCUT2D eigenvalue weighted by molar-refractivity contribution is 0.271. The number of likely N-dealkylation sites (N-methyl/N-ethyl adjacent to an activating group) is 1. The third-order valence-corrected chi connectivity index (χ3v) is 6.94. The van der Waals surface area contributed by atoms with Gasteiger partial charge < -0.3 is 9.80 Å². The molecule has 4 heterocycles. The first-order valence-electron chi connectivity index (χ1n) is 11.1. The Hall–Kier alpha value is -3.09. The van der Waals surface area contributed by atoms with E-state index >= 15 is 0 Å². The van der Waals surface area contributed by atoms with Gasteiger partial charge in [0.05, 0.1) is 21.8 Å². The molecule has 162 valence electrons. The number of piperazine rings is 1. The van der Waals surface area contributed by atoms with E-state index in [1.54, 1.807) is 11.3 Å². The summed E-state index contributed by atoms with van der Waals surface area (Å²) in [5.74, 6) is 0. The lowest BCUT2D eigenvalue weighted by Gasteiger charge is -2.35. The van der Waals surface area contributed by atoms with Crippen LogP contribution in [0.25, 0.3) is 33.1 Å². The van der Waals surface area contributed by atoms with Gasteiger partial charge in [0.1, 0.15) is 5.69 Å². The van der Waals surface area contributed by atoms with E-state index in [-0.39, 0.29) is 0 Å². The van der Waals surface area contributed by atoms with Gasteiger partial charge in [-0.15, -0.1) is 11.3 Å². The van der Waals surface area contributed by atoms with Crippen molar-refractivity contribution in [2.24, 2.45) is 0 Å². The molecule has 0 amide bonds. The van der Waals surface area contributed by atoms with Gasteiger partial charge in [0.25, 0.3) is 0 Å². The molecule has 3 aromatic heterocycles. The van der Waals surface area contributed by atoms with Crippen LogP contribution in [0.5, 0.6) is 0 Å². The highest BCUT2D eigenvalue weighted by molar-refractivity contribution is 7.13. The van der Waals surface area contributed by atoms with Gasteiger partial charge in [-0.2, -0.15) is 0 Å². The Labute approximate surface area is 193 Å². The van der Waals surface area contributed by atoms with E-state index in [0.29, 0.717) is 0 Å². The molecule has 5 nitrogen and oxygen atoms in total. The second-order valence-electron chi connectivity index (χ2n) is 8.09. The Morgan fingerprint density at radius 3 is 2.44 bits per heavy atom. The molecule has 4 aromatic rings. The fourth-order valence-corrected chi connectivity index (χ4v) is 5.00. The van der Waals surface area contributed by atoms with Crippen molar-refractivity contribution >= 4 is 17.0 Å². The van der Waals surface area contributed by atoms with Crippen molar-refractivity contribution in [3.63, 3.8) is 0 Å². The number of pyridine rings is 2. The summed E-state index contributed by atoms with van der Waals surface area (Å²) in [4.78, 5) is 20.0. The zero-order valence-corrected chi connectivity index (χ0v) is 19.3. The number of thiazole rings is 1. The number of benzene rings is 1. The van der Waals surface area contributed by atoms with Crippen LogP contribution in [0.15, 0.2) is 66.3 Å². The highest BCUT2D eigenvalue weighted by Crippen LogP contribution is 2.35. The van der Waals surface area contributed by atoms with Crippen molar-refractivity contribution in [1.29, 1.82) is 0 Å². The molecule has 1 aliphatic heterocycles. The molecule has 0 atom stereocenters. The molecule has 5 rings (SSSR count). The van der Waals surface area contributed by atoms with Crippen molar-refractivity contribution in [1.82, 2.24) is 19.9 Å². The zero-order valence-electron chi connectivity index (χ0n) is 18.5. The molecule has 0 bridgehead atoms. The normalized spacial score (nSPS) is 14.6. The highest BCUT2D eigenvalue weighted by Gasteiger charge is 2.16. The fraction of sp³-hybridized carbons (Fsp3) is 0.269. The Balaban J connectivity index is 1.39. The maximum Gasteiger partial charge on any atom is 0.107 e. The molecule has 1 fully saturated rings. The second kappa shape index (κ2) is 9.18. The summed E-state index contributed by atoms with van der Waals surface area (Å²) in [5, 5.41) is 0. The first-order chi connectivity index (χ1) is 15.7. The summed E-state index contributed by atoms with van der Waals surface area (Å²) in [6, 6.07) is 19.1. The number of aryl methyl sites for hydroxylation is 1. The molecule has 6 heteroatoms. The maximum atomic E-state index is 4.67. The predicted octanol–water partition coefficient (Wildman–Crippen LogP) is 5.38. The molecule has 1 saturated heterocycles. The van der Waals surface area contributed by atoms with Crippen LogP contribution >= 0.6 is 11.3 Å². The van der Waals surface area contributed by atoms with Crippen LogP contribution in [0.1, 0.15) is 12.6 Å². The van der Waals surface area contributed by atoms with Gasteiger partial charge in [0, 0.05) is 49.3 Å². The molecule has 1 aromatic carbocycles.